The van der Waals surface area contributed by atoms with Crippen LogP contribution in [0.15, 0.2) is 24.3 Å². The zero-order valence-electron chi connectivity index (χ0n) is 9.57. The molecule has 1 aliphatic heterocycles. The van der Waals surface area contributed by atoms with E-state index in [4.69, 9.17) is 0 Å². The van der Waals surface area contributed by atoms with E-state index in [1.165, 1.54) is 18.2 Å². The van der Waals surface area contributed by atoms with Crippen LogP contribution in [0, 0.1) is 10.1 Å². The molecule has 8 nitrogen and oxygen atoms in total. The van der Waals surface area contributed by atoms with Gasteiger partial charge in [-0.3, -0.25) is 19.7 Å². The summed E-state index contributed by atoms with van der Waals surface area (Å²) in [6.45, 7) is 0. The molecule has 1 aliphatic rings. The first kappa shape index (κ1) is 12.7. The number of nitrogens with zero attached hydrogens (tertiary/aromatic N) is 2. The maximum absolute atomic E-state index is 11.7. The number of para-hydroxylation sites is 1. The van der Waals surface area contributed by atoms with Gasteiger partial charge < -0.3 is 4.84 Å². The average Bonchev–Trinajstić information content (AvgIpc) is 2.70. The highest BCUT2D eigenvalue weighted by atomic mass is 16.7. The lowest BCUT2D eigenvalue weighted by Gasteiger charge is -2.12. The van der Waals surface area contributed by atoms with E-state index in [0.29, 0.717) is 5.06 Å². The molecule has 0 N–H and O–H groups in total. The van der Waals surface area contributed by atoms with Gasteiger partial charge in [0.1, 0.15) is 5.56 Å². The Morgan fingerprint density at radius 3 is 2.37 bits per heavy atom. The molecule has 0 spiro atoms. The van der Waals surface area contributed by atoms with Crippen molar-refractivity contribution >= 4 is 23.5 Å². The van der Waals surface area contributed by atoms with Crippen LogP contribution in [0.1, 0.15) is 23.2 Å². The normalized spacial score (nSPS) is 14.6. The number of hydroxylamine groups is 2. The molecule has 1 fully saturated rings. The first-order valence-corrected chi connectivity index (χ1v) is 5.32. The molecule has 8 heteroatoms. The second kappa shape index (κ2) is 4.84. The predicted octanol–water partition coefficient (Wildman–Crippen LogP) is 0.816. The number of nitro benzene ring substituents is 1. The highest BCUT2D eigenvalue weighted by molar-refractivity contribution is 6.03. The van der Waals surface area contributed by atoms with Crippen LogP contribution >= 0.6 is 0 Å². The number of rotatable bonds is 3. The van der Waals surface area contributed by atoms with Crippen molar-refractivity contribution in [3.63, 3.8) is 0 Å². The third-order valence-corrected chi connectivity index (χ3v) is 2.50. The van der Waals surface area contributed by atoms with Crippen LogP contribution in [0.4, 0.5) is 5.69 Å². The Labute approximate surface area is 106 Å². The summed E-state index contributed by atoms with van der Waals surface area (Å²) in [5.41, 5.74) is -0.772. The molecule has 0 aliphatic carbocycles. The molecular weight excluding hydrogens is 256 g/mol. The first-order valence-electron chi connectivity index (χ1n) is 5.32. The number of benzene rings is 1. The second-order valence-corrected chi connectivity index (χ2v) is 3.73. The summed E-state index contributed by atoms with van der Waals surface area (Å²) in [4.78, 5) is 48.9. The number of carbonyl (C=O) groups excluding carboxylic acids is 3. The highest BCUT2D eigenvalue weighted by Crippen LogP contribution is 2.20. The highest BCUT2D eigenvalue weighted by Gasteiger charge is 2.34. The molecular formula is C11H8N2O6. The molecule has 0 aromatic heterocycles. The van der Waals surface area contributed by atoms with Crippen LogP contribution in [0.5, 0.6) is 0 Å². The van der Waals surface area contributed by atoms with Crippen molar-refractivity contribution in [2.45, 2.75) is 12.8 Å². The first-order chi connectivity index (χ1) is 9.00. The fourth-order valence-electron chi connectivity index (χ4n) is 1.60. The molecule has 0 bridgehead atoms. The summed E-state index contributed by atoms with van der Waals surface area (Å²) < 4.78 is 0. The molecule has 98 valence electrons. The average molecular weight is 264 g/mol. The van der Waals surface area contributed by atoms with E-state index in [1.807, 2.05) is 0 Å². The molecule has 0 atom stereocenters. The minimum Gasteiger partial charge on any atom is -0.325 e. The largest absolute Gasteiger partial charge is 0.370 e. The molecule has 0 radical (unpaired) electrons. The SMILES string of the molecule is O=C(ON1C(=O)CCC1=O)c1ccccc1[N+](=O)[O-]. The number of imide groups is 1. The van der Waals surface area contributed by atoms with Gasteiger partial charge in [0.2, 0.25) is 0 Å². The smallest absolute Gasteiger partial charge is 0.325 e. The summed E-state index contributed by atoms with van der Waals surface area (Å²) in [6, 6.07) is 5.12. The lowest BCUT2D eigenvalue weighted by Crippen LogP contribution is -2.32. The van der Waals surface area contributed by atoms with Crippen LogP contribution in [0.25, 0.3) is 0 Å². The molecule has 1 aromatic carbocycles. The molecule has 1 heterocycles. The molecule has 2 rings (SSSR count). The summed E-state index contributed by atoms with van der Waals surface area (Å²) in [6.07, 6.45) is -0.0774. The summed E-state index contributed by atoms with van der Waals surface area (Å²) in [5, 5.41) is 11.1. The lowest BCUT2D eigenvalue weighted by molar-refractivity contribution is -0.385. The lowest BCUT2D eigenvalue weighted by atomic mass is 10.2. The Kier molecular flexibility index (Phi) is 3.23. The number of amides is 2. The van der Waals surface area contributed by atoms with Crippen molar-refractivity contribution in [2.24, 2.45) is 0 Å². The van der Waals surface area contributed by atoms with Crippen molar-refractivity contribution < 1.29 is 24.1 Å². The van der Waals surface area contributed by atoms with Gasteiger partial charge in [0.25, 0.3) is 17.5 Å². The number of nitro groups is 1. The molecule has 1 aromatic rings. The van der Waals surface area contributed by atoms with Gasteiger partial charge in [0.15, 0.2) is 0 Å². The van der Waals surface area contributed by atoms with E-state index in [1.54, 1.807) is 0 Å². The monoisotopic (exact) mass is 264 g/mol. The summed E-state index contributed by atoms with van der Waals surface area (Å²) in [7, 11) is 0. The molecule has 1 saturated heterocycles. The van der Waals surface area contributed by atoms with Gasteiger partial charge in [0.05, 0.1) is 4.92 Å². The van der Waals surface area contributed by atoms with E-state index in [0.717, 1.165) is 6.07 Å². The fourth-order valence-corrected chi connectivity index (χ4v) is 1.60. The van der Waals surface area contributed by atoms with Crippen LogP contribution in [0.2, 0.25) is 0 Å². The van der Waals surface area contributed by atoms with Gasteiger partial charge in [-0.05, 0) is 6.07 Å². The Morgan fingerprint density at radius 2 is 1.79 bits per heavy atom. The van der Waals surface area contributed by atoms with Crippen molar-refractivity contribution in [1.29, 1.82) is 0 Å². The molecule has 0 unspecified atom stereocenters. The van der Waals surface area contributed by atoms with Crippen molar-refractivity contribution in [3.8, 4) is 0 Å². The molecule has 0 saturated carbocycles. The Hall–Kier alpha value is -2.77. The van der Waals surface area contributed by atoms with E-state index in [-0.39, 0.29) is 18.4 Å². The third-order valence-electron chi connectivity index (χ3n) is 2.50. The maximum atomic E-state index is 11.7. The molecule has 19 heavy (non-hydrogen) atoms. The van der Waals surface area contributed by atoms with Gasteiger partial charge in [-0.1, -0.05) is 12.1 Å². The van der Waals surface area contributed by atoms with Gasteiger partial charge in [-0.25, -0.2) is 4.79 Å². The van der Waals surface area contributed by atoms with Crippen molar-refractivity contribution in [2.75, 3.05) is 0 Å². The quantitative estimate of drug-likeness (QED) is 0.454. The Morgan fingerprint density at radius 1 is 1.21 bits per heavy atom. The van der Waals surface area contributed by atoms with Gasteiger partial charge in [-0.15, -0.1) is 5.06 Å². The van der Waals surface area contributed by atoms with E-state index in [2.05, 4.69) is 4.84 Å². The van der Waals surface area contributed by atoms with Crippen LogP contribution < -0.4 is 0 Å². The third kappa shape index (κ3) is 2.41. The number of hydrogen-bond acceptors (Lipinski definition) is 6. The van der Waals surface area contributed by atoms with Crippen LogP contribution in [-0.2, 0) is 14.4 Å². The van der Waals surface area contributed by atoms with Gasteiger partial charge in [0, 0.05) is 18.9 Å². The fraction of sp³-hybridized carbons (Fsp3) is 0.182. The Balaban J connectivity index is 2.23. The number of carbonyl (C=O) groups is 3. The zero-order chi connectivity index (χ0) is 14.0. The van der Waals surface area contributed by atoms with Crippen LogP contribution in [0.3, 0.4) is 0 Å². The zero-order valence-corrected chi connectivity index (χ0v) is 9.57. The van der Waals surface area contributed by atoms with Gasteiger partial charge in [-0.2, -0.15) is 0 Å². The number of hydrogen-bond donors (Lipinski definition) is 0. The minimum absolute atomic E-state index is 0.0387. The van der Waals surface area contributed by atoms with E-state index in [9.17, 15) is 24.5 Å². The van der Waals surface area contributed by atoms with Crippen LogP contribution in [-0.4, -0.2) is 27.8 Å². The Bertz CT molecular complexity index is 566. The standard InChI is InChI=1S/C11H8N2O6/c14-9-5-6-10(15)12(9)19-11(16)7-3-1-2-4-8(7)13(17)18/h1-4H,5-6H2. The minimum atomic E-state index is -1.11. The molecule has 2 amide bonds. The topological polar surface area (TPSA) is 107 Å². The van der Waals surface area contributed by atoms with E-state index < -0.39 is 28.4 Å². The predicted molar refractivity (Wildman–Crippen MR) is 59.6 cm³/mol. The van der Waals surface area contributed by atoms with Gasteiger partial charge >= 0.3 is 5.97 Å². The second-order valence-electron chi connectivity index (χ2n) is 3.73. The summed E-state index contributed by atoms with van der Waals surface area (Å²) in [5.74, 6) is -2.40. The maximum Gasteiger partial charge on any atom is 0.370 e. The van der Waals surface area contributed by atoms with Crippen molar-refractivity contribution in [3.05, 3.63) is 39.9 Å². The van der Waals surface area contributed by atoms with Crippen molar-refractivity contribution in [1.82, 2.24) is 5.06 Å². The van der Waals surface area contributed by atoms with E-state index >= 15 is 0 Å². The summed E-state index contributed by atoms with van der Waals surface area (Å²) >= 11 is 0.